The average molecular weight is 495 g/mol. The molecule has 194 valence electrons. The molecule has 1 aliphatic heterocycles. The summed E-state index contributed by atoms with van der Waals surface area (Å²) in [5.41, 5.74) is 0.716. The number of esters is 1. The summed E-state index contributed by atoms with van der Waals surface area (Å²) in [6, 6.07) is 8.33. The predicted octanol–water partition coefficient (Wildman–Crippen LogP) is -0.624. The second-order valence-electron chi connectivity index (χ2n) is 8.38. The number of carboxylic acid groups (broad SMARTS) is 3. The molecule has 1 saturated heterocycles. The van der Waals surface area contributed by atoms with Crippen LogP contribution in [0.5, 0.6) is 0 Å². The Morgan fingerprint density at radius 2 is 1.09 bits per heavy atom. The van der Waals surface area contributed by atoms with Gasteiger partial charge in [-0.2, -0.15) is 0 Å². The van der Waals surface area contributed by atoms with Crippen molar-refractivity contribution < 1.29 is 39.2 Å². The zero-order valence-corrected chi connectivity index (χ0v) is 19.9. The molecule has 0 bridgehead atoms. The summed E-state index contributed by atoms with van der Waals surface area (Å²) in [7, 11) is 1.30. The van der Waals surface area contributed by atoms with Crippen molar-refractivity contribution in [3.05, 3.63) is 35.9 Å². The van der Waals surface area contributed by atoms with Gasteiger partial charge in [0.15, 0.2) is 0 Å². The van der Waals surface area contributed by atoms with Gasteiger partial charge >= 0.3 is 23.9 Å². The van der Waals surface area contributed by atoms with E-state index in [1.165, 1.54) is 7.11 Å². The Kier molecular flexibility index (Phi) is 11.6. The first kappa shape index (κ1) is 28.2. The summed E-state index contributed by atoms with van der Waals surface area (Å²) in [4.78, 5) is 54.0. The molecule has 3 N–H and O–H groups in total. The monoisotopic (exact) mass is 494 g/mol. The maximum atomic E-state index is 12.8. The second-order valence-corrected chi connectivity index (χ2v) is 8.38. The lowest BCUT2D eigenvalue weighted by Gasteiger charge is -2.35. The Balaban J connectivity index is 2.34. The molecule has 0 radical (unpaired) electrons. The average Bonchev–Trinajstić information content (AvgIpc) is 2.80. The fraction of sp³-hybridized carbons (Fsp3) is 0.565. The lowest BCUT2D eigenvalue weighted by Crippen LogP contribution is -2.49. The number of ether oxygens (including phenoxy) is 1. The number of nitrogens with zero attached hydrogens (tertiary/aromatic N) is 4. The van der Waals surface area contributed by atoms with E-state index in [1.807, 2.05) is 35.2 Å². The van der Waals surface area contributed by atoms with Crippen molar-refractivity contribution in [2.75, 3.05) is 79.1 Å². The molecule has 0 saturated carbocycles. The third-order valence-corrected chi connectivity index (χ3v) is 5.85. The molecular formula is C23H34N4O8. The summed E-state index contributed by atoms with van der Waals surface area (Å²) in [5.74, 6) is -3.49. The molecule has 0 amide bonds. The van der Waals surface area contributed by atoms with Crippen molar-refractivity contribution in [1.82, 2.24) is 19.6 Å². The molecule has 1 aliphatic rings. The number of rotatable bonds is 9. The minimum absolute atomic E-state index is 0.228. The summed E-state index contributed by atoms with van der Waals surface area (Å²) in [6.45, 7) is 1.80. The van der Waals surface area contributed by atoms with E-state index in [1.54, 1.807) is 14.7 Å². The van der Waals surface area contributed by atoms with Gasteiger partial charge in [-0.15, -0.1) is 0 Å². The molecule has 0 spiro atoms. The van der Waals surface area contributed by atoms with Crippen molar-refractivity contribution in [3.8, 4) is 0 Å². The first-order chi connectivity index (χ1) is 16.7. The normalized spacial score (nSPS) is 18.7. The lowest BCUT2D eigenvalue weighted by molar-refractivity contribution is -0.148. The number of carbonyl (C=O) groups excluding carboxylic acids is 1. The number of hydrogen-bond donors (Lipinski definition) is 3. The lowest BCUT2D eigenvalue weighted by atomic mass is 10.0. The molecule has 2 rings (SSSR count). The molecule has 0 aliphatic carbocycles. The molecule has 12 nitrogen and oxygen atoms in total. The van der Waals surface area contributed by atoms with Gasteiger partial charge in [0, 0.05) is 52.4 Å². The fourth-order valence-corrected chi connectivity index (χ4v) is 4.10. The van der Waals surface area contributed by atoms with Crippen LogP contribution in [0.15, 0.2) is 30.3 Å². The highest BCUT2D eigenvalue weighted by atomic mass is 16.5. The Bertz CT molecular complexity index is 821. The van der Waals surface area contributed by atoms with Crippen LogP contribution in [0.1, 0.15) is 11.6 Å². The van der Waals surface area contributed by atoms with Gasteiger partial charge in [0.05, 0.1) is 26.7 Å². The Morgan fingerprint density at radius 3 is 1.43 bits per heavy atom. The van der Waals surface area contributed by atoms with Gasteiger partial charge in [0.1, 0.15) is 6.04 Å². The van der Waals surface area contributed by atoms with E-state index >= 15 is 0 Å². The molecule has 35 heavy (non-hydrogen) atoms. The third-order valence-electron chi connectivity index (χ3n) is 5.85. The second kappa shape index (κ2) is 14.4. The first-order valence-electron chi connectivity index (χ1n) is 11.4. The van der Waals surface area contributed by atoms with E-state index < -0.39 is 29.9 Å². The van der Waals surface area contributed by atoms with Crippen LogP contribution in [0.25, 0.3) is 0 Å². The highest BCUT2D eigenvalue weighted by Crippen LogP contribution is 2.22. The fourth-order valence-electron chi connectivity index (χ4n) is 4.10. The quantitative estimate of drug-likeness (QED) is 0.375. The number of methoxy groups -OCH3 is 1. The van der Waals surface area contributed by atoms with Gasteiger partial charge in [-0.25, -0.2) is 4.79 Å². The molecule has 0 aromatic heterocycles. The summed E-state index contributed by atoms with van der Waals surface area (Å²) in [6.07, 6.45) is 0. The van der Waals surface area contributed by atoms with E-state index in [9.17, 15) is 34.5 Å². The van der Waals surface area contributed by atoms with Crippen LogP contribution < -0.4 is 0 Å². The predicted molar refractivity (Wildman–Crippen MR) is 125 cm³/mol. The molecule has 1 unspecified atom stereocenters. The smallest absolute Gasteiger partial charge is 0.327 e. The van der Waals surface area contributed by atoms with E-state index in [0.29, 0.717) is 57.9 Å². The summed E-state index contributed by atoms with van der Waals surface area (Å²) >= 11 is 0. The van der Waals surface area contributed by atoms with Crippen LogP contribution in [0.4, 0.5) is 0 Å². The van der Waals surface area contributed by atoms with Crippen LogP contribution in [-0.4, -0.2) is 138 Å². The van der Waals surface area contributed by atoms with Gasteiger partial charge in [-0.1, -0.05) is 30.3 Å². The van der Waals surface area contributed by atoms with E-state index in [2.05, 4.69) is 0 Å². The van der Waals surface area contributed by atoms with Crippen LogP contribution in [-0.2, 0) is 23.9 Å². The molecule has 1 fully saturated rings. The minimum Gasteiger partial charge on any atom is -0.480 e. The van der Waals surface area contributed by atoms with E-state index in [4.69, 9.17) is 4.74 Å². The SMILES string of the molecule is COC(=O)C(c1ccccc1)N1CCN(CC(=O)O)CCN(CC(=O)O)CCN(CC(=O)O)CC1. The highest BCUT2D eigenvalue weighted by Gasteiger charge is 2.30. The number of hydrogen-bond acceptors (Lipinski definition) is 9. The number of carbonyl (C=O) groups is 4. The topological polar surface area (TPSA) is 151 Å². The number of carboxylic acids is 3. The van der Waals surface area contributed by atoms with Crippen LogP contribution >= 0.6 is 0 Å². The first-order valence-corrected chi connectivity index (χ1v) is 11.4. The summed E-state index contributed by atoms with van der Waals surface area (Å²) in [5, 5.41) is 28.0. The molecular weight excluding hydrogens is 460 g/mol. The van der Waals surface area contributed by atoms with Gasteiger partial charge < -0.3 is 20.1 Å². The zero-order chi connectivity index (χ0) is 25.8. The molecule has 1 heterocycles. The largest absolute Gasteiger partial charge is 0.480 e. The van der Waals surface area contributed by atoms with Gasteiger partial charge in [0.25, 0.3) is 0 Å². The van der Waals surface area contributed by atoms with E-state index in [0.717, 1.165) is 0 Å². The maximum Gasteiger partial charge on any atom is 0.327 e. The van der Waals surface area contributed by atoms with Crippen molar-refractivity contribution in [2.24, 2.45) is 0 Å². The molecule has 12 heteroatoms. The Hall–Kier alpha value is -3.06. The Morgan fingerprint density at radius 1 is 0.714 bits per heavy atom. The van der Waals surface area contributed by atoms with Crippen molar-refractivity contribution in [2.45, 2.75) is 6.04 Å². The standard InChI is InChI=1S/C23H34N4O8/c1-35-23(34)22(18-5-3-2-4-6-18)27-13-11-25(16-20(30)31)9-7-24(15-19(28)29)8-10-26(12-14-27)17-21(32)33/h2-6,22H,7-17H2,1H3,(H,28,29)(H,30,31)(H,32,33). The van der Waals surface area contributed by atoms with Crippen LogP contribution in [0, 0.1) is 0 Å². The summed E-state index contributed by atoms with van der Waals surface area (Å²) < 4.78 is 5.07. The van der Waals surface area contributed by atoms with E-state index in [-0.39, 0.29) is 19.6 Å². The van der Waals surface area contributed by atoms with Crippen molar-refractivity contribution in [1.29, 1.82) is 0 Å². The van der Waals surface area contributed by atoms with Crippen molar-refractivity contribution in [3.63, 3.8) is 0 Å². The van der Waals surface area contributed by atoms with Crippen LogP contribution in [0.3, 0.4) is 0 Å². The zero-order valence-electron chi connectivity index (χ0n) is 19.9. The maximum absolute atomic E-state index is 12.8. The Labute approximate surface area is 204 Å². The third kappa shape index (κ3) is 9.99. The van der Waals surface area contributed by atoms with Crippen molar-refractivity contribution >= 4 is 23.9 Å². The van der Waals surface area contributed by atoms with Gasteiger partial charge in [-0.3, -0.25) is 34.0 Å². The van der Waals surface area contributed by atoms with Crippen LogP contribution in [0.2, 0.25) is 0 Å². The minimum atomic E-state index is -1.01. The highest BCUT2D eigenvalue weighted by molar-refractivity contribution is 5.77. The molecule has 1 aromatic rings. The molecule has 1 aromatic carbocycles. The number of aliphatic carboxylic acids is 3. The van der Waals surface area contributed by atoms with Gasteiger partial charge in [0.2, 0.25) is 0 Å². The number of benzene rings is 1. The molecule has 1 atom stereocenters. The van der Waals surface area contributed by atoms with Gasteiger partial charge in [-0.05, 0) is 5.56 Å².